The molecule has 5 nitrogen and oxygen atoms in total. The Balaban J connectivity index is 2.53. The lowest BCUT2D eigenvalue weighted by atomic mass is 10.1. The van der Waals surface area contributed by atoms with Crippen LogP contribution in [0.1, 0.15) is 27.8 Å². The summed E-state index contributed by atoms with van der Waals surface area (Å²) in [5.41, 5.74) is 10.3. The monoisotopic (exact) mass is 285 g/mol. The molecule has 110 valence electrons. The van der Waals surface area contributed by atoms with E-state index in [9.17, 15) is 0 Å². The molecule has 1 heterocycles. The molecule has 21 heavy (non-hydrogen) atoms. The number of oxime groups is 1. The van der Waals surface area contributed by atoms with Crippen LogP contribution in [0.25, 0.3) is 0 Å². The number of nitrogens with zero attached hydrogens (tertiary/aromatic N) is 2. The van der Waals surface area contributed by atoms with Crippen LogP contribution in [0.2, 0.25) is 0 Å². The first kappa shape index (κ1) is 14.8. The third-order valence-corrected chi connectivity index (χ3v) is 3.46. The summed E-state index contributed by atoms with van der Waals surface area (Å²) in [5, 5.41) is 12.0. The van der Waals surface area contributed by atoms with Gasteiger partial charge >= 0.3 is 0 Å². The average molecular weight is 285 g/mol. The van der Waals surface area contributed by atoms with Gasteiger partial charge in [-0.3, -0.25) is 0 Å². The molecule has 1 aromatic carbocycles. The van der Waals surface area contributed by atoms with Crippen LogP contribution in [-0.4, -0.2) is 16.0 Å². The average Bonchev–Trinajstić information content (AvgIpc) is 2.43. The number of hydrogen-bond donors (Lipinski definition) is 2. The number of benzene rings is 1. The van der Waals surface area contributed by atoms with E-state index in [4.69, 9.17) is 15.7 Å². The van der Waals surface area contributed by atoms with E-state index in [2.05, 4.69) is 16.2 Å². The maximum atomic E-state index is 8.93. The van der Waals surface area contributed by atoms with Crippen LogP contribution in [0.3, 0.4) is 0 Å². The molecule has 5 heteroatoms. The third-order valence-electron chi connectivity index (χ3n) is 3.46. The van der Waals surface area contributed by atoms with Crippen molar-refractivity contribution in [2.24, 2.45) is 10.9 Å². The van der Waals surface area contributed by atoms with E-state index in [0.29, 0.717) is 11.4 Å². The fourth-order valence-corrected chi connectivity index (χ4v) is 2.18. The van der Waals surface area contributed by atoms with Gasteiger partial charge in [-0.25, -0.2) is 4.98 Å². The van der Waals surface area contributed by atoms with E-state index >= 15 is 0 Å². The summed E-state index contributed by atoms with van der Waals surface area (Å²) >= 11 is 0. The van der Waals surface area contributed by atoms with Crippen molar-refractivity contribution in [3.63, 3.8) is 0 Å². The molecule has 0 spiro atoms. The summed E-state index contributed by atoms with van der Waals surface area (Å²) in [6.07, 6.45) is 1.64. The van der Waals surface area contributed by atoms with Crippen molar-refractivity contribution in [2.45, 2.75) is 27.7 Å². The van der Waals surface area contributed by atoms with Crippen molar-refractivity contribution in [1.29, 1.82) is 0 Å². The number of aryl methyl sites for hydroxylation is 3. The van der Waals surface area contributed by atoms with Crippen LogP contribution in [0, 0.1) is 27.7 Å². The molecular formula is C16H19N3O2. The van der Waals surface area contributed by atoms with Crippen molar-refractivity contribution in [3.8, 4) is 11.6 Å². The largest absolute Gasteiger partial charge is 0.438 e. The Morgan fingerprint density at radius 2 is 1.90 bits per heavy atom. The van der Waals surface area contributed by atoms with Gasteiger partial charge in [-0.05, 0) is 62.1 Å². The zero-order valence-electron chi connectivity index (χ0n) is 12.6. The Hall–Kier alpha value is -2.56. The summed E-state index contributed by atoms with van der Waals surface area (Å²) < 4.78 is 5.92. The molecule has 2 aromatic rings. The Morgan fingerprint density at radius 3 is 2.57 bits per heavy atom. The van der Waals surface area contributed by atoms with E-state index in [1.165, 1.54) is 0 Å². The normalized spacial score (nSPS) is 11.5. The topological polar surface area (TPSA) is 80.7 Å². The van der Waals surface area contributed by atoms with Crippen LogP contribution in [0.15, 0.2) is 29.6 Å². The van der Waals surface area contributed by atoms with E-state index < -0.39 is 0 Å². The Kier molecular flexibility index (Phi) is 4.12. The molecule has 0 saturated carbocycles. The number of pyridine rings is 1. The highest BCUT2D eigenvalue weighted by molar-refractivity contribution is 6.00. The fourth-order valence-electron chi connectivity index (χ4n) is 2.18. The molecule has 2 rings (SSSR count). The summed E-state index contributed by atoms with van der Waals surface area (Å²) in [5.74, 6) is 1.04. The molecular weight excluding hydrogens is 266 g/mol. The second-order valence-corrected chi connectivity index (χ2v) is 5.10. The Labute approximate surface area is 124 Å². The molecule has 0 atom stereocenters. The fraction of sp³-hybridized carbons (Fsp3) is 0.250. The summed E-state index contributed by atoms with van der Waals surface area (Å²) in [6.45, 7) is 7.88. The zero-order valence-corrected chi connectivity index (χ0v) is 12.6. The van der Waals surface area contributed by atoms with Crippen molar-refractivity contribution in [1.82, 2.24) is 4.98 Å². The summed E-state index contributed by atoms with van der Waals surface area (Å²) in [4.78, 5) is 4.21. The standard InChI is InChI=1S/C16H19N3O2/c1-9-7-11(3)12(4)13(8-9)21-16-14(15(17)19-20)10(2)5-6-18-16/h5-8,20H,1-4H3,(H2,17,19). The Bertz CT molecular complexity index is 709. The number of rotatable bonds is 3. The van der Waals surface area contributed by atoms with Crippen molar-refractivity contribution < 1.29 is 9.94 Å². The molecule has 0 unspecified atom stereocenters. The SMILES string of the molecule is Cc1cc(C)c(C)c(Oc2nccc(C)c2/C(N)=N/O)c1. The first-order valence-corrected chi connectivity index (χ1v) is 6.63. The second kappa shape index (κ2) is 5.83. The predicted octanol–water partition coefficient (Wildman–Crippen LogP) is 3.20. The van der Waals surface area contributed by atoms with Gasteiger partial charge in [-0.2, -0.15) is 0 Å². The van der Waals surface area contributed by atoms with Gasteiger partial charge < -0.3 is 15.7 Å². The number of aromatic nitrogens is 1. The van der Waals surface area contributed by atoms with Gasteiger partial charge in [0.2, 0.25) is 5.88 Å². The smallest absolute Gasteiger partial charge is 0.230 e. The van der Waals surface area contributed by atoms with Gasteiger partial charge in [0, 0.05) is 6.20 Å². The van der Waals surface area contributed by atoms with E-state index in [1.54, 1.807) is 12.3 Å². The molecule has 0 saturated heterocycles. The van der Waals surface area contributed by atoms with Gasteiger partial charge in [-0.15, -0.1) is 0 Å². The minimum absolute atomic E-state index is 0.0161. The van der Waals surface area contributed by atoms with E-state index in [0.717, 1.165) is 28.0 Å². The molecule has 0 bridgehead atoms. The van der Waals surface area contributed by atoms with Crippen molar-refractivity contribution in [3.05, 3.63) is 52.2 Å². The first-order chi connectivity index (χ1) is 9.93. The van der Waals surface area contributed by atoms with Crippen LogP contribution < -0.4 is 10.5 Å². The van der Waals surface area contributed by atoms with Gasteiger partial charge in [0.25, 0.3) is 0 Å². The zero-order chi connectivity index (χ0) is 15.6. The highest BCUT2D eigenvalue weighted by Gasteiger charge is 2.15. The lowest BCUT2D eigenvalue weighted by molar-refractivity contribution is 0.318. The minimum atomic E-state index is -0.0161. The third kappa shape index (κ3) is 2.97. The van der Waals surface area contributed by atoms with Crippen LogP contribution in [0.4, 0.5) is 0 Å². The maximum absolute atomic E-state index is 8.93. The van der Waals surface area contributed by atoms with Gasteiger partial charge in [0.05, 0.1) is 5.56 Å². The highest BCUT2D eigenvalue weighted by Crippen LogP contribution is 2.30. The van der Waals surface area contributed by atoms with Crippen LogP contribution >= 0.6 is 0 Å². The quantitative estimate of drug-likeness (QED) is 0.393. The van der Waals surface area contributed by atoms with Crippen LogP contribution in [-0.2, 0) is 0 Å². The van der Waals surface area contributed by atoms with E-state index in [-0.39, 0.29) is 5.84 Å². The van der Waals surface area contributed by atoms with E-state index in [1.807, 2.05) is 33.8 Å². The number of ether oxygens (including phenoxy) is 1. The van der Waals surface area contributed by atoms with Gasteiger partial charge in [0.15, 0.2) is 5.84 Å². The maximum Gasteiger partial charge on any atom is 0.230 e. The molecule has 1 aromatic heterocycles. The number of hydrogen-bond acceptors (Lipinski definition) is 4. The minimum Gasteiger partial charge on any atom is -0.438 e. The summed E-state index contributed by atoms with van der Waals surface area (Å²) in [7, 11) is 0. The Morgan fingerprint density at radius 1 is 1.19 bits per heavy atom. The molecule has 0 aliphatic rings. The first-order valence-electron chi connectivity index (χ1n) is 6.63. The predicted molar refractivity (Wildman–Crippen MR) is 82.2 cm³/mol. The molecule has 0 fully saturated rings. The van der Waals surface area contributed by atoms with Crippen molar-refractivity contribution in [2.75, 3.05) is 0 Å². The molecule has 0 aliphatic heterocycles. The second-order valence-electron chi connectivity index (χ2n) is 5.10. The number of amidine groups is 1. The van der Waals surface area contributed by atoms with Gasteiger partial charge in [-0.1, -0.05) is 11.2 Å². The van der Waals surface area contributed by atoms with Gasteiger partial charge in [0.1, 0.15) is 5.75 Å². The molecule has 0 amide bonds. The lowest BCUT2D eigenvalue weighted by Crippen LogP contribution is -2.16. The molecule has 0 aliphatic carbocycles. The molecule has 0 radical (unpaired) electrons. The molecule has 3 N–H and O–H groups in total. The van der Waals surface area contributed by atoms with Crippen LogP contribution in [0.5, 0.6) is 11.6 Å². The highest BCUT2D eigenvalue weighted by atomic mass is 16.5. The lowest BCUT2D eigenvalue weighted by Gasteiger charge is -2.14. The summed E-state index contributed by atoms with van der Waals surface area (Å²) in [6, 6.07) is 5.83. The van der Waals surface area contributed by atoms with Crippen molar-refractivity contribution >= 4 is 5.84 Å². The number of nitrogens with two attached hydrogens (primary N) is 1.